The van der Waals surface area contributed by atoms with Crippen molar-refractivity contribution < 1.29 is 14.4 Å². The van der Waals surface area contributed by atoms with E-state index >= 15 is 0 Å². The number of benzene rings is 1. The molecule has 0 unspecified atom stereocenters. The van der Waals surface area contributed by atoms with Crippen molar-refractivity contribution in [3.63, 3.8) is 0 Å². The van der Waals surface area contributed by atoms with Crippen LogP contribution in [-0.4, -0.2) is 40.3 Å². The summed E-state index contributed by atoms with van der Waals surface area (Å²) < 4.78 is 0. The van der Waals surface area contributed by atoms with Crippen molar-refractivity contribution in [2.24, 2.45) is 4.99 Å². The number of imide groups is 1. The van der Waals surface area contributed by atoms with Gasteiger partial charge in [0, 0.05) is 5.54 Å². The maximum absolute atomic E-state index is 12.2. The summed E-state index contributed by atoms with van der Waals surface area (Å²) in [6.07, 6.45) is 0. The quantitative estimate of drug-likeness (QED) is 0.848. The van der Waals surface area contributed by atoms with Gasteiger partial charge in [0.1, 0.15) is 6.54 Å². The summed E-state index contributed by atoms with van der Waals surface area (Å²) in [5, 5.41) is 4.86. The smallest absolute Gasteiger partial charge is 0.321 e. The molecule has 0 aromatic heterocycles. The first kappa shape index (κ1) is 20.0. The average molecular weight is 376 g/mol. The van der Waals surface area contributed by atoms with E-state index in [1.165, 1.54) is 4.90 Å². The number of anilines is 1. The van der Waals surface area contributed by atoms with E-state index < -0.39 is 22.7 Å². The van der Waals surface area contributed by atoms with Gasteiger partial charge in [-0.15, -0.1) is 0 Å². The molecule has 1 heterocycles. The van der Waals surface area contributed by atoms with Crippen LogP contribution >= 0.6 is 11.8 Å². The van der Waals surface area contributed by atoms with E-state index in [4.69, 9.17) is 0 Å². The fourth-order valence-corrected chi connectivity index (χ4v) is 3.15. The van der Waals surface area contributed by atoms with Crippen molar-refractivity contribution in [2.75, 3.05) is 11.4 Å². The Balaban J connectivity index is 2.01. The SMILES string of the molecule is Cc1ccc(N2C(=O)CN=C2S[C@@H](C)C(=O)NC(=O)NC(C)(C)C)cc1. The van der Waals surface area contributed by atoms with Crippen LogP contribution < -0.4 is 15.5 Å². The van der Waals surface area contributed by atoms with Gasteiger partial charge in [0.25, 0.3) is 5.91 Å². The molecule has 140 valence electrons. The standard InChI is InChI=1S/C18H24N4O3S/c1-11-6-8-13(9-7-11)22-14(23)10-19-17(22)26-12(2)15(24)20-16(25)21-18(3,4)5/h6-9,12H,10H2,1-5H3,(H2,20,21,24,25)/t12-/m0/s1. The summed E-state index contributed by atoms with van der Waals surface area (Å²) in [6.45, 7) is 9.17. The zero-order valence-corrected chi connectivity index (χ0v) is 16.4. The Labute approximate surface area is 157 Å². The van der Waals surface area contributed by atoms with E-state index in [1.807, 2.05) is 52.0 Å². The number of nitrogens with one attached hydrogen (secondary N) is 2. The number of amidine groups is 1. The van der Waals surface area contributed by atoms with Crippen molar-refractivity contribution in [3.05, 3.63) is 29.8 Å². The number of aliphatic imine (C=N–C) groups is 1. The minimum Gasteiger partial charge on any atom is -0.333 e. The van der Waals surface area contributed by atoms with Crippen LogP contribution in [0.25, 0.3) is 0 Å². The highest BCUT2D eigenvalue weighted by molar-refractivity contribution is 8.15. The number of urea groups is 1. The predicted molar refractivity (Wildman–Crippen MR) is 104 cm³/mol. The second-order valence-electron chi connectivity index (χ2n) is 7.12. The van der Waals surface area contributed by atoms with E-state index in [-0.39, 0.29) is 12.5 Å². The molecule has 1 aromatic carbocycles. The molecule has 0 saturated carbocycles. The van der Waals surface area contributed by atoms with Gasteiger partial charge in [-0.2, -0.15) is 0 Å². The number of nitrogens with zero attached hydrogens (tertiary/aromatic N) is 2. The Morgan fingerprint density at radius 3 is 2.42 bits per heavy atom. The molecule has 1 aliphatic rings. The lowest BCUT2D eigenvalue weighted by molar-refractivity contribution is -0.119. The molecule has 0 bridgehead atoms. The lowest BCUT2D eigenvalue weighted by Gasteiger charge is -2.22. The predicted octanol–water partition coefficient (Wildman–Crippen LogP) is 2.44. The Morgan fingerprint density at radius 2 is 1.85 bits per heavy atom. The van der Waals surface area contributed by atoms with Gasteiger partial charge in [0.15, 0.2) is 5.17 Å². The van der Waals surface area contributed by atoms with Crippen LogP contribution in [0.2, 0.25) is 0 Å². The number of hydrogen-bond donors (Lipinski definition) is 2. The van der Waals surface area contributed by atoms with Crippen molar-refractivity contribution in [1.82, 2.24) is 10.6 Å². The molecule has 1 aliphatic heterocycles. The zero-order valence-electron chi connectivity index (χ0n) is 15.6. The number of aryl methyl sites for hydroxylation is 1. The molecular formula is C18H24N4O3S. The first-order valence-corrected chi connectivity index (χ1v) is 9.18. The molecule has 4 amide bonds. The van der Waals surface area contributed by atoms with Crippen LogP contribution in [0.5, 0.6) is 0 Å². The van der Waals surface area contributed by atoms with E-state index in [0.29, 0.717) is 10.9 Å². The Bertz CT molecular complexity index is 738. The topological polar surface area (TPSA) is 90.9 Å². The molecule has 2 N–H and O–H groups in total. The maximum atomic E-state index is 12.2. The summed E-state index contributed by atoms with van der Waals surface area (Å²) >= 11 is 1.15. The number of rotatable bonds is 3. The maximum Gasteiger partial charge on any atom is 0.321 e. The van der Waals surface area contributed by atoms with E-state index in [9.17, 15) is 14.4 Å². The summed E-state index contributed by atoms with van der Waals surface area (Å²) in [4.78, 5) is 42.0. The molecule has 7 nitrogen and oxygen atoms in total. The molecule has 26 heavy (non-hydrogen) atoms. The van der Waals surface area contributed by atoms with Gasteiger partial charge in [-0.3, -0.25) is 24.8 Å². The first-order valence-electron chi connectivity index (χ1n) is 8.30. The minimum atomic E-state index is -0.585. The number of carbonyl (C=O) groups is 3. The summed E-state index contributed by atoms with van der Waals surface area (Å²) in [5.74, 6) is -0.586. The van der Waals surface area contributed by atoms with Crippen LogP contribution in [-0.2, 0) is 9.59 Å². The molecule has 1 aromatic rings. The molecule has 0 fully saturated rings. The number of amides is 4. The summed E-state index contributed by atoms with van der Waals surface area (Å²) in [5.41, 5.74) is 1.36. The van der Waals surface area contributed by atoms with Gasteiger partial charge < -0.3 is 5.32 Å². The third-order valence-electron chi connectivity index (χ3n) is 3.46. The van der Waals surface area contributed by atoms with E-state index in [1.54, 1.807) is 6.92 Å². The molecular weight excluding hydrogens is 352 g/mol. The number of carbonyl (C=O) groups excluding carboxylic acids is 3. The largest absolute Gasteiger partial charge is 0.333 e. The van der Waals surface area contributed by atoms with Crippen LogP contribution in [0, 0.1) is 6.92 Å². The van der Waals surface area contributed by atoms with Crippen molar-refractivity contribution in [3.8, 4) is 0 Å². The van der Waals surface area contributed by atoms with Gasteiger partial charge in [0.2, 0.25) is 5.91 Å². The van der Waals surface area contributed by atoms with Crippen LogP contribution in [0.15, 0.2) is 29.3 Å². The fourth-order valence-electron chi connectivity index (χ4n) is 2.22. The van der Waals surface area contributed by atoms with Crippen LogP contribution in [0.1, 0.15) is 33.3 Å². The van der Waals surface area contributed by atoms with Gasteiger partial charge in [-0.05, 0) is 46.8 Å². The molecule has 2 rings (SSSR count). The molecule has 0 saturated heterocycles. The molecule has 0 radical (unpaired) electrons. The number of thioether (sulfide) groups is 1. The third-order valence-corrected chi connectivity index (χ3v) is 4.55. The zero-order chi connectivity index (χ0) is 19.5. The van der Waals surface area contributed by atoms with Crippen molar-refractivity contribution in [2.45, 2.75) is 45.4 Å². The highest BCUT2D eigenvalue weighted by atomic mass is 32.2. The van der Waals surface area contributed by atoms with Crippen molar-refractivity contribution in [1.29, 1.82) is 0 Å². The fraction of sp³-hybridized carbons (Fsp3) is 0.444. The van der Waals surface area contributed by atoms with Crippen LogP contribution in [0.3, 0.4) is 0 Å². The normalized spacial score (nSPS) is 15.5. The van der Waals surface area contributed by atoms with Gasteiger partial charge >= 0.3 is 6.03 Å². The monoisotopic (exact) mass is 376 g/mol. The van der Waals surface area contributed by atoms with Gasteiger partial charge in [-0.1, -0.05) is 29.5 Å². The van der Waals surface area contributed by atoms with E-state index in [0.717, 1.165) is 17.3 Å². The molecule has 0 aliphatic carbocycles. The van der Waals surface area contributed by atoms with Crippen molar-refractivity contribution >= 4 is 40.5 Å². The van der Waals surface area contributed by atoms with Crippen LogP contribution in [0.4, 0.5) is 10.5 Å². The lowest BCUT2D eigenvalue weighted by Crippen LogP contribution is -2.50. The molecule has 8 heteroatoms. The highest BCUT2D eigenvalue weighted by Gasteiger charge is 2.31. The lowest BCUT2D eigenvalue weighted by atomic mass is 10.1. The third kappa shape index (κ3) is 5.32. The minimum absolute atomic E-state index is 0.0507. The summed E-state index contributed by atoms with van der Waals surface area (Å²) in [7, 11) is 0. The highest BCUT2D eigenvalue weighted by Crippen LogP contribution is 2.26. The molecule has 0 spiro atoms. The first-order chi connectivity index (χ1) is 12.1. The second-order valence-corrected chi connectivity index (χ2v) is 8.42. The van der Waals surface area contributed by atoms with Gasteiger partial charge in [0.05, 0.1) is 10.9 Å². The Kier molecular flexibility index (Phi) is 6.07. The average Bonchev–Trinajstić information content (AvgIpc) is 2.87. The summed E-state index contributed by atoms with van der Waals surface area (Å²) in [6, 6.07) is 6.97. The Morgan fingerprint density at radius 1 is 1.23 bits per heavy atom. The Hall–Kier alpha value is -2.35. The second kappa shape index (κ2) is 7.90. The van der Waals surface area contributed by atoms with Gasteiger partial charge in [-0.25, -0.2) is 4.79 Å². The molecule has 1 atom stereocenters. The van der Waals surface area contributed by atoms with E-state index in [2.05, 4.69) is 15.6 Å². The number of hydrogen-bond acceptors (Lipinski definition) is 5.